The Hall–Kier alpha value is -5.12. The standard InChI is InChI=1S/C38H24N2S/c1-4-12-27(13-5-1)39(28-14-6-2-7-15-28)30-22-25-20-21-26-23-32-31-18-10-11-19-34(31)41-38(32)37-36(26)35(25)33(24-30)40(37)29-16-8-3-9-17-29/h1-24H. The molecule has 0 aliphatic rings. The van der Waals surface area contributed by atoms with Crippen LogP contribution in [0.25, 0.3) is 58.4 Å². The Labute approximate surface area is 241 Å². The lowest BCUT2D eigenvalue weighted by Gasteiger charge is -2.26. The zero-order valence-corrected chi connectivity index (χ0v) is 23.0. The fourth-order valence-corrected chi connectivity index (χ4v) is 7.78. The average Bonchev–Trinajstić information content (AvgIpc) is 3.58. The molecule has 3 heteroatoms. The number of hydrogen-bond donors (Lipinski definition) is 0. The average molecular weight is 541 g/mol. The van der Waals surface area contributed by atoms with Crippen molar-refractivity contribution in [1.82, 2.24) is 4.57 Å². The lowest BCUT2D eigenvalue weighted by atomic mass is 9.99. The maximum Gasteiger partial charge on any atom is 0.0726 e. The molecular formula is C38H24N2S. The number of anilines is 3. The molecule has 2 aromatic heterocycles. The second kappa shape index (κ2) is 8.69. The van der Waals surface area contributed by atoms with Gasteiger partial charge >= 0.3 is 0 Å². The number of rotatable bonds is 4. The van der Waals surface area contributed by atoms with Gasteiger partial charge in [-0.25, -0.2) is 0 Å². The molecule has 0 amide bonds. The van der Waals surface area contributed by atoms with Crippen molar-refractivity contribution in [3.05, 3.63) is 146 Å². The maximum atomic E-state index is 2.50. The zero-order chi connectivity index (χ0) is 26.9. The lowest BCUT2D eigenvalue weighted by molar-refractivity contribution is 1.18. The third-order valence-electron chi connectivity index (χ3n) is 8.27. The highest BCUT2D eigenvalue weighted by Gasteiger charge is 2.23. The van der Waals surface area contributed by atoms with Gasteiger partial charge in [0.1, 0.15) is 0 Å². The van der Waals surface area contributed by atoms with Crippen LogP contribution in [0.3, 0.4) is 0 Å². The van der Waals surface area contributed by atoms with Gasteiger partial charge in [0.2, 0.25) is 0 Å². The Kier molecular flexibility index (Phi) is 4.80. The van der Waals surface area contributed by atoms with Crippen molar-refractivity contribution in [3.63, 3.8) is 0 Å². The predicted molar refractivity (Wildman–Crippen MR) is 177 cm³/mol. The van der Waals surface area contributed by atoms with Gasteiger partial charge in [0.05, 0.1) is 15.7 Å². The van der Waals surface area contributed by atoms with E-state index < -0.39 is 0 Å². The van der Waals surface area contributed by atoms with Crippen molar-refractivity contribution in [2.24, 2.45) is 0 Å². The van der Waals surface area contributed by atoms with E-state index in [0.29, 0.717) is 0 Å². The van der Waals surface area contributed by atoms with Gasteiger partial charge in [-0.3, -0.25) is 0 Å². The fourth-order valence-electron chi connectivity index (χ4n) is 6.56. The largest absolute Gasteiger partial charge is 0.310 e. The Morgan fingerprint density at radius 2 is 1.10 bits per heavy atom. The van der Waals surface area contributed by atoms with E-state index in [0.717, 1.165) is 17.1 Å². The fraction of sp³-hybridized carbons (Fsp3) is 0. The first-order chi connectivity index (χ1) is 20.3. The summed E-state index contributed by atoms with van der Waals surface area (Å²) >= 11 is 1.90. The van der Waals surface area contributed by atoms with Gasteiger partial charge in [-0.05, 0) is 71.4 Å². The van der Waals surface area contributed by atoms with E-state index in [2.05, 4.69) is 155 Å². The molecule has 0 N–H and O–H groups in total. The monoisotopic (exact) mass is 540 g/mol. The highest BCUT2D eigenvalue weighted by molar-refractivity contribution is 7.26. The molecule has 0 fully saturated rings. The van der Waals surface area contributed by atoms with Crippen LogP contribution in [0.15, 0.2) is 146 Å². The minimum atomic E-state index is 1.14. The number of hydrogen-bond acceptors (Lipinski definition) is 2. The number of thiophene rings is 1. The summed E-state index contributed by atoms with van der Waals surface area (Å²) in [7, 11) is 0. The summed E-state index contributed by atoms with van der Waals surface area (Å²) in [5, 5.41) is 7.87. The second-order valence-electron chi connectivity index (χ2n) is 10.6. The van der Waals surface area contributed by atoms with Gasteiger partial charge in [-0.1, -0.05) is 84.9 Å². The highest BCUT2D eigenvalue weighted by Crippen LogP contribution is 2.48. The normalized spacial score (nSPS) is 11.9. The summed E-state index contributed by atoms with van der Waals surface area (Å²) in [6.07, 6.45) is 0. The molecule has 0 atom stereocenters. The Morgan fingerprint density at radius 1 is 0.488 bits per heavy atom. The van der Waals surface area contributed by atoms with Crippen LogP contribution in [0.5, 0.6) is 0 Å². The van der Waals surface area contributed by atoms with E-state index in [1.165, 1.54) is 58.4 Å². The van der Waals surface area contributed by atoms with E-state index in [1.807, 2.05) is 11.3 Å². The first kappa shape index (κ1) is 22.7. The molecule has 2 heterocycles. The van der Waals surface area contributed by atoms with E-state index in [-0.39, 0.29) is 0 Å². The van der Waals surface area contributed by atoms with E-state index in [4.69, 9.17) is 0 Å². The highest BCUT2D eigenvalue weighted by atomic mass is 32.1. The van der Waals surface area contributed by atoms with Crippen LogP contribution in [0.4, 0.5) is 17.1 Å². The molecule has 0 saturated heterocycles. The molecule has 7 aromatic carbocycles. The number of fused-ring (bicyclic) bond motifs is 4. The number of para-hydroxylation sites is 3. The smallest absolute Gasteiger partial charge is 0.0726 e. The van der Waals surface area contributed by atoms with Gasteiger partial charge in [0.15, 0.2) is 0 Å². The summed E-state index contributed by atoms with van der Waals surface area (Å²) in [6.45, 7) is 0. The van der Waals surface area contributed by atoms with E-state index in [9.17, 15) is 0 Å². The predicted octanol–water partition coefficient (Wildman–Crippen LogP) is 11.2. The molecule has 0 unspecified atom stereocenters. The first-order valence-electron chi connectivity index (χ1n) is 14.0. The molecule has 9 rings (SSSR count). The van der Waals surface area contributed by atoms with Crippen molar-refractivity contribution >= 4 is 81.1 Å². The van der Waals surface area contributed by atoms with Crippen LogP contribution in [0.2, 0.25) is 0 Å². The minimum Gasteiger partial charge on any atom is -0.310 e. The molecule has 0 saturated carbocycles. The van der Waals surface area contributed by atoms with Crippen LogP contribution in [-0.2, 0) is 0 Å². The Bertz CT molecular complexity index is 2310. The number of nitrogens with zero attached hydrogens (tertiary/aromatic N) is 2. The van der Waals surface area contributed by atoms with E-state index >= 15 is 0 Å². The number of benzene rings is 7. The van der Waals surface area contributed by atoms with Gasteiger partial charge in [-0.2, -0.15) is 0 Å². The van der Waals surface area contributed by atoms with Crippen molar-refractivity contribution in [1.29, 1.82) is 0 Å². The molecule has 0 aliphatic heterocycles. The zero-order valence-electron chi connectivity index (χ0n) is 22.2. The maximum absolute atomic E-state index is 2.50. The first-order valence-corrected chi connectivity index (χ1v) is 14.8. The van der Waals surface area contributed by atoms with Gasteiger partial charge in [0, 0.05) is 49.0 Å². The molecule has 0 radical (unpaired) electrons. The summed E-state index contributed by atoms with van der Waals surface area (Å²) in [5.41, 5.74) is 7.13. The quantitative estimate of drug-likeness (QED) is 0.202. The van der Waals surface area contributed by atoms with Crippen LogP contribution in [0, 0.1) is 0 Å². The van der Waals surface area contributed by atoms with Crippen LogP contribution in [0.1, 0.15) is 0 Å². The van der Waals surface area contributed by atoms with Crippen LogP contribution in [-0.4, -0.2) is 4.57 Å². The summed E-state index contributed by atoms with van der Waals surface area (Å²) < 4.78 is 5.17. The lowest BCUT2D eigenvalue weighted by Crippen LogP contribution is -2.10. The molecule has 9 aromatic rings. The number of aromatic nitrogens is 1. The summed E-state index contributed by atoms with van der Waals surface area (Å²) in [5.74, 6) is 0. The van der Waals surface area contributed by atoms with Gasteiger partial charge in [-0.15, -0.1) is 11.3 Å². The van der Waals surface area contributed by atoms with Crippen molar-refractivity contribution in [2.45, 2.75) is 0 Å². The van der Waals surface area contributed by atoms with Crippen molar-refractivity contribution in [3.8, 4) is 5.69 Å². The van der Waals surface area contributed by atoms with Crippen LogP contribution < -0.4 is 4.90 Å². The van der Waals surface area contributed by atoms with E-state index in [1.54, 1.807) is 0 Å². The molecule has 0 bridgehead atoms. The SMILES string of the molecule is c1ccc(N(c2ccccc2)c2cc3ccc4cc5c6ccccc6sc5c5c4c3c(c2)n5-c2ccccc2)cc1. The molecule has 0 aliphatic carbocycles. The molecule has 2 nitrogen and oxygen atoms in total. The third kappa shape index (κ3) is 3.30. The molecule has 41 heavy (non-hydrogen) atoms. The minimum absolute atomic E-state index is 1.14. The molecule has 192 valence electrons. The second-order valence-corrected chi connectivity index (χ2v) is 11.7. The van der Waals surface area contributed by atoms with Gasteiger partial charge in [0.25, 0.3) is 0 Å². The summed E-state index contributed by atoms with van der Waals surface area (Å²) in [6, 6.07) is 52.7. The summed E-state index contributed by atoms with van der Waals surface area (Å²) in [4.78, 5) is 2.36. The van der Waals surface area contributed by atoms with Crippen molar-refractivity contribution in [2.75, 3.05) is 4.90 Å². The van der Waals surface area contributed by atoms with Gasteiger partial charge < -0.3 is 9.47 Å². The molecular weight excluding hydrogens is 516 g/mol. The Balaban J connectivity index is 1.46. The third-order valence-corrected chi connectivity index (χ3v) is 9.46. The van der Waals surface area contributed by atoms with Crippen LogP contribution >= 0.6 is 11.3 Å². The van der Waals surface area contributed by atoms with Crippen molar-refractivity contribution < 1.29 is 0 Å². The topological polar surface area (TPSA) is 8.17 Å². The Morgan fingerprint density at radius 3 is 1.80 bits per heavy atom. The molecule has 0 spiro atoms.